The number of ether oxygens (including phenoxy) is 5. The SMILES string of the molecule is CC[C@H]1CCCC[C@H]1O[C@@H]1O[C@@H](C)[C@@H](OCc2ccccc2)[C@@H](OCc2ccccc2)[C@@H]1OCc1ccccc1. The molecule has 0 amide bonds. The fourth-order valence-corrected chi connectivity index (χ4v) is 5.97. The first-order valence-corrected chi connectivity index (χ1v) is 15.0. The molecule has 0 bridgehead atoms. The molecule has 0 unspecified atom stereocenters. The zero-order valence-electron chi connectivity index (χ0n) is 23.9. The van der Waals surface area contributed by atoms with Crippen molar-refractivity contribution in [3.8, 4) is 0 Å². The minimum atomic E-state index is -0.534. The highest BCUT2D eigenvalue weighted by atomic mass is 16.7. The summed E-state index contributed by atoms with van der Waals surface area (Å²) in [4.78, 5) is 0. The number of hydrogen-bond acceptors (Lipinski definition) is 5. The monoisotopic (exact) mass is 544 g/mol. The van der Waals surface area contributed by atoms with E-state index < -0.39 is 12.4 Å². The van der Waals surface area contributed by atoms with Crippen molar-refractivity contribution in [1.29, 1.82) is 0 Å². The maximum absolute atomic E-state index is 6.82. The summed E-state index contributed by atoms with van der Waals surface area (Å²) in [5.41, 5.74) is 3.33. The third kappa shape index (κ3) is 7.80. The van der Waals surface area contributed by atoms with Gasteiger partial charge in [0.2, 0.25) is 0 Å². The lowest BCUT2D eigenvalue weighted by molar-refractivity contribution is -0.333. The van der Waals surface area contributed by atoms with Crippen LogP contribution in [0.1, 0.15) is 62.6 Å². The van der Waals surface area contributed by atoms with Gasteiger partial charge in [-0.15, -0.1) is 0 Å². The molecule has 2 fully saturated rings. The first-order chi connectivity index (χ1) is 19.7. The predicted molar refractivity (Wildman–Crippen MR) is 157 cm³/mol. The lowest BCUT2D eigenvalue weighted by Gasteiger charge is -2.46. The van der Waals surface area contributed by atoms with E-state index in [4.69, 9.17) is 23.7 Å². The van der Waals surface area contributed by atoms with Crippen molar-refractivity contribution in [1.82, 2.24) is 0 Å². The molecule has 0 aromatic heterocycles. The molecule has 5 heteroatoms. The van der Waals surface area contributed by atoms with E-state index in [0.29, 0.717) is 25.7 Å². The first kappa shape index (κ1) is 29.0. The maximum Gasteiger partial charge on any atom is 0.187 e. The van der Waals surface area contributed by atoms with Crippen LogP contribution in [0.4, 0.5) is 0 Å². The van der Waals surface area contributed by atoms with E-state index in [1.54, 1.807) is 0 Å². The summed E-state index contributed by atoms with van der Waals surface area (Å²) >= 11 is 0. The molecule has 1 heterocycles. The normalized spacial score (nSPS) is 28.8. The molecular weight excluding hydrogens is 500 g/mol. The quantitative estimate of drug-likeness (QED) is 0.237. The lowest BCUT2D eigenvalue weighted by Crippen LogP contribution is -2.60. The van der Waals surface area contributed by atoms with E-state index >= 15 is 0 Å². The van der Waals surface area contributed by atoms with Gasteiger partial charge in [-0.25, -0.2) is 0 Å². The second kappa shape index (κ2) is 14.9. The Morgan fingerprint density at radius 3 is 1.62 bits per heavy atom. The van der Waals surface area contributed by atoms with Crippen LogP contribution in [0.5, 0.6) is 0 Å². The Hall–Kier alpha value is -2.54. The van der Waals surface area contributed by atoms with Crippen molar-refractivity contribution < 1.29 is 23.7 Å². The van der Waals surface area contributed by atoms with Gasteiger partial charge in [-0.3, -0.25) is 0 Å². The van der Waals surface area contributed by atoms with Gasteiger partial charge in [-0.2, -0.15) is 0 Å². The molecule has 0 N–H and O–H groups in total. The van der Waals surface area contributed by atoms with Crippen molar-refractivity contribution in [3.63, 3.8) is 0 Å². The van der Waals surface area contributed by atoms with Crippen LogP contribution in [-0.2, 0) is 43.5 Å². The number of benzene rings is 3. The highest BCUT2D eigenvalue weighted by Gasteiger charge is 2.48. The van der Waals surface area contributed by atoms with Gasteiger partial charge in [-0.1, -0.05) is 117 Å². The summed E-state index contributed by atoms with van der Waals surface area (Å²) in [5.74, 6) is 0.540. The van der Waals surface area contributed by atoms with Gasteiger partial charge in [0, 0.05) is 0 Å². The van der Waals surface area contributed by atoms with Crippen LogP contribution >= 0.6 is 0 Å². The zero-order valence-corrected chi connectivity index (χ0v) is 23.9. The third-order valence-corrected chi connectivity index (χ3v) is 8.26. The topological polar surface area (TPSA) is 46.2 Å². The molecular formula is C35H44O5. The molecule has 1 saturated carbocycles. The molecule has 40 heavy (non-hydrogen) atoms. The molecule has 5 nitrogen and oxygen atoms in total. The minimum Gasteiger partial charge on any atom is -0.368 e. The Labute approximate surface area is 239 Å². The molecule has 5 rings (SSSR count). The van der Waals surface area contributed by atoms with Crippen LogP contribution in [0, 0.1) is 5.92 Å². The molecule has 3 aromatic carbocycles. The predicted octanol–water partition coefficient (Wildman–Crippen LogP) is 7.47. The average Bonchev–Trinajstić information content (AvgIpc) is 3.01. The number of hydrogen-bond donors (Lipinski definition) is 0. The zero-order chi connectivity index (χ0) is 27.6. The van der Waals surface area contributed by atoms with Crippen molar-refractivity contribution >= 4 is 0 Å². The average molecular weight is 545 g/mol. The van der Waals surface area contributed by atoms with E-state index in [2.05, 4.69) is 50.2 Å². The molecule has 7 atom stereocenters. The Morgan fingerprint density at radius 1 is 0.625 bits per heavy atom. The van der Waals surface area contributed by atoms with Crippen molar-refractivity contribution in [2.75, 3.05) is 0 Å². The summed E-state index contributed by atoms with van der Waals surface area (Å²) in [7, 11) is 0. The molecule has 1 aliphatic carbocycles. The van der Waals surface area contributed by atoms with Gasteiger partial charge in [0.1, 0.15) is 18.3 Å². The summed E-state index contributed by atoms with van der Waals surface area (Å²) in [6.07, 6.45) is 4.10. The minimum absolute atomic E-state index is 0.162. The van der Waals surface area contributed by atoms with Gasteiger partial charge in [-0.05, 0) is 42.4 Å². The molecule has 1 saturated heterocycles. The molecule has 3 aromatic rings. The van der Waals surface area contributed by atoms with E-state index in [9.17, 15) is 0 Å². The second-order valence-corrected chi connectivity index (χ2v) is 11.1. The third-order valence-electron chi connectivity index (χ3n) is 8.26. The largest absolute Gasteiger partial charge is 0.368 e. The van der Waals surface area contributed by atoms with Gasteiger partial charge < -0.3 is 23.7 Å². The Kier molecular flexibility index (Phi) is 10.8. The Morgan fingerprint density at radius 2 is 1.10 bits per heavy atom. The van der Waals surface area contributed by atoms with Crippen LogP contribution in [0.2, 0.25) is 0 Å². The summed E-state index contributed by atoms with van der Waals surface area (Å²) < 4.78 is 33.4. The molecule has 2 aliphatic rings. The maximum atomic E-state index is 6.82. The van der Waals surface area contributed by atoms with Gasteiger partial charge in [0.05, 0.1) is 32.0 Å². The van der Waals surface area contributed by atoms with Crippen molar-refractivity contribution in [2.45, 2.75) is 103 Å². The van der Waals surface area contributed by atoms with Crippen LogP contribution in [0.25, 0.3) is 0 Å². The van der Waals surface area contributed by atoms with Crippen LogP contribution in [0.15, 0.2) is 91.0 Å². The van der Waals surface area contributed by atoms with E-state index in [1.165, 1.54) is 19.3 Å². The Bertz CT molecular complexity index is 1110. The molecule has 0 spiro atoms. The summed E-state index contributed by atoms with van der Waals surface area (Å²) in [5, 5.41) is 0. The molecule has 214 valence electrons. The fraction of sp³-hybridized carbons (Fsp3) is 0.486. The van der Waals surface area contributed by atoms with Crippen molar-refractivity contribution in [2.24, 2.45) is 5.92 Å². The van der Waals surface area contributed by atoms with Crippen LogP contribution in [-0.4, -0.2) is 36.8 Å². The summed E-state index contributed by atoms with van der Waals surface area (Å²) in [6.45, 7) is 5.71. The first-order valence-electron chi connectivity index (χ1n) is 15.0. The molecule has 0 radical (unpaired) electrons. The van der Waals surface area contributed by atoms with Crippen LogP contribution < -0.4 is 0 Å². The standard InChI is InChI=1S/C35H44O5/c1-3-30-21-13-14-22-31(30)40-35-34(38-25-29-19-11-6-12-20-29)33(37-24-28-17-9-5-10-18-28)32(26(2)39-35)36-23-27-15-7-4-8-16-27/h4-12,15-20,26,30-35H,3,13-14,21-25H2,1-2H3/t26-,30-,31+,32+,33+,34-,35-/m0/s1. The van der Waals surface area contributed by atoms with Gasteiger partial charge in [0.15, 0.2) is 6.29 Å². The Balaban J connectivity index is 1.40. The van der Waals surface area contributed by atoms with E-state index in [0.717, 1.165) is 29.5 Å². The molecule has 1 aliphatic heterocycles. The van der Waals surface area contributed by atoms with E-state index in [1.807, 2.05) is 54.6 Å². The smallest absolute Gasteiger partial charge is 0.187 e. The van der Waals surface area contributed by atoms with Gasteiger partial charge >= 0.3 is 0 Å². The highest BCUT2D eigenvalue weighted by molar-refractivity contribution is 5.15. The second-order valence-electron chi connectivity index (χ2n) is 11.1. The van der Waals surface area contributed by atoms with E-state index in [-0.39, 0.29) is 24.4 Å². The fourth-order valence-electron chi connectivity index (χ4n) is 5.97. The van der Waals surface area contributed by atoms with Gasteiger partial charge in [0.25, 0.3) is 0 Å². The van der Waals surface area contributed by atoms with Crippen LogP contribution in [0.3, 0.4) is 0 Å². The lowest BCUT2D eigenvalue weighted by atomic mass is 9.84. The number of rotatable bonds is 12. The highest BCUT2D eigenvalue weighted by Crippen LogP contribution is 2.35. The summed E-state index contributed by atoms with van der Waals surface area (Å²) in [6, 6.07) is 30.8. The van der Waals surface area contributed by atoms with Crippen molar-refractivity contribution in [3.05, 3.63) is 108 Å².